The van der Waals surface area contributed by atoms with Gasteiger partial charge >= 0.3 is 5.97 Å². The molecule has 0 aromatic carbocycles. The van der Waals surface area contributed by atoms with E-state index in [1.54, 1.807) is 0 Å². The van der Waals surface area contributed by atoms with E-state index in [0.29, 0.717) is 4.91 Å². The molecule has 2 rings (SSSR count). The minimum Gasteiger partial charge on any atom is -0.461 e. The van der Waals surface area contributed by atoms with Crippen LogP contribution in [0.3, 0.4) is 0 Å². The van der Waals surface area contributed by atoms with Crippen LogP contribution in [0.1, 0.15) is 41.5 Å². The number of amides is 1. The van der Waals surface area contributed by atoms with E-state index in [-0.39, 0.29) is 53.1 Å². The number of esters is 1. The molecule has 0 aromatic heterocycles. The summed E-state index contributed by atoms with van der Waals surface area (Å²) in [5.41, 5.74) is 8.90. The standard InChI is InChI=1S/C19H32N4O4SSi/c1-11(2)10-26-18(25)15-13(9-21-22-20)28-17-14(16(24)23(15)17)12(3)27-29(7,8)19(4,5)6/h11-12,14,17H,9-10H2,1-8H3/t12?,14-,17+/m0/s1. The van der Waals surface area contributed by atoms with Crippen LogP contribution in [-0.2, 0) is 18.8 Å². The molecule has 3 atom stereocenters. The summed E-state index contributed by atoms with van der Waals surface area (Å²) in [6.45, 7) is 16.9. The highest BCUT2D eigenvalue weighted by molar-refractivity contribution is 8.04. The van der Waals surface area contributed by atoms with Crippen molar-refractivity contribution >= 4 is 32.0 Å². The Hall–Kier alpha value is -1.48. The van der Waals surface area contributed by atoms with Crippen LogP contribution < -0.4 is 0 Å². The van der Waals surface area contributed by atoms with Crippen LogP contribution in [0.2, 0.25) is 18.1 Å². The number of nitrogens with zero attached hydrogens (tertiary/aromatic N) is 4. The third-order valence-corrected chi connectivity index (χ3v) is 11.6. The number of ether oxygens (including phenoxy) is 1. The summed E-state index contributed by atoms with van der Waals surface area (Å²) < 4.78 is 11.8. The summed E-state index contributed by atoms with van der Waals surface area (Å²) >= 11 is 1.40. The van der Waals surface area contributed by atoms with Gasteiger partial charge in [0, 0.05) is 9.82 Å². The lowest BCUT2D eigenvalue weighted by atomic mass is 9.92. The molecule has 2 aliphatic rings. The number of hydrogen-bond donors (Lipinski definition) is 0. The van der Waals surface area contributed by atoms with Crippen molar-refractivity contribution in [3.63, 3.8) is 0 Å². The molecule has 0 saturated carbocycles. The van der Waals surface area contributed by atoms with Crippen molar-refractivity contribution in [1.82, 2.24) is 4.90 Å². The molecule has 0 spiro atoms. The molecule has 1 fully saturated rings. The first-order valence-electron chi connectivity index (χ1n) is 9.90. The Balaban J connectivity index is 2.20. The Morgan fingerprint density at radius 1 is 1.34 bits per heavy atom. The number of carbonyl (C=O) groups is 2. The summed E-state index contributed by atoms with van der Waals surface area (Å²) in [6, 6.07) is 0. The average Bonchev–Trinajstić information content (AvgIpc) is 2.90. The van der Waals surface area contributed by atoms with Gasteiger partial charge in [-0.25, -0.2) is 4.79 Å². The molecule has 162 valence electrons. The van der Waals surface area contributed by atoms with Crippen LogP contribution in [0.15, 0.2) is 15.7 Å². The van der Waals surface area contributed by atoms with Gasteiger partial charge in [0.15, 0.2) is 8.32 Å². The van der Waals surface area contributed by atoms with Crippen molar-refractivity contribution in [3.05, 3.63) is 21.0 Å². The molecule has 1 saturated heterocycles. The van der Waals surface area contributed by atoms with E-state index < -0.39 is 14.3 Å². The van der Waals surface area contributed by atoms with E-state index in [4.69, 9.17) is 14.7 Å². The molecular weight excluding hydrogens is 408 g/mol. The highest BCUT2D eigenvalue weighted by Gasteiger charge is 2.59. The van der Waals surface area contributed by atoms with E-state index in [1.807, 2.05) is 20.8 Å². The summed E-state index contributed by atoms with van der Waals surface area (Å²) in [5, 5.41) is 3.40. The zero-order valence-corrected chi connectivity index (χ0v) is 20.4. The van der Waals surface area contributed by atoms with Crippen LogP contribution in [0.5, 0.6) is 0 Å². The summed E-state index contributed by atoms with van der Waals surface area (Å²) in [4.78, 5) is 30.5. The summed E-state index contributed by atoms with van der Waals surface area (Å²) in [5.74, 6) is -0.837. The topological polar surface area (TPSA) is 105 Å². The van der Waals surface area contributed by atoms with Crippen LogP contribution in [0.4, 0.5) is 0 Å². The van der Waals surface area contributed by atoms with Gasteiger partial charge in [-0.2, -0.15) is 0 Å². The van der Waals surface area contributed by atoms with Crippen molar-refractivity contribution in [2.24, 2.45) is 17.0 Å². The number of thioether (sulfide) groups is 1. The zero-order chi connectivity index (χ0) is 22.1. The molecule has 2 aliphatic heterocycles. The number of carbonyl (C=O) groups excluding carboxylic acids is 2. The molecule has 0 aromatic rings. The molecule has 29 heavy (non-hydrogen) atoms. The molecule has 8 nitrogen and oxygen atoms in total. The lowest BCUT2D eigenvalue weighted by Gasteiger charge is -2.48. The smallest absolute Gasteiger partial charge is 0.355 e. The Bertz CT molecular complexity index is 756. The number of fused-ring (bicyclic) bond motifs is 1. The maximum Gasteiger partial charge on any atom is 0.355 e. The monoisotopic (exact) mass is 440 g/mol. The van der Waals surface area contributed by atoms with Crippen LogP contribution in [0.25, 0.3) is 10.4 Å². The van der Waals surface area contributed by atoms with E-state index in [0.717, 1.165) is 0 Å². The van der Waals surface area contributed by atoms with Crippen molar-refractivity contribution in [1.29, 1.82) is 0 Å². The van der Waals surface area contributed by atoms with Gasteiger partial charge in [0.2, 0.25) is 5.91 Å². The Morgan fingerprint density at radius 2 is 1.97 bits per heavy atom. The third kappa shape index (κ3) is 4.82. The number of azide groups is 1. The van der Waals surface area contributed by atoms with Gasteiger partial charge in [0.05, 0.1) is 25.2 Å². The van der Waals surface area contributed by atoms with E-state index in [9.17, 15) is 9.59 Å². The molecule has 2 heterocycles. The lowest BCUT2D eigenvalue weighted by Crippen LogP contribution is -2.62. The zero-order valence-electron chi connectivity index (χ0n) is 18.6. The van der Waals surface area contributed by atoms with Gasteiger partial charge in [-0.1, -0.05) is 39.7 Å². The van der Waals surface area contributed by atoms with Crippen LogP contribution in [-0.4, -0.2) is 49.7 Å². The predicted molar refractivity (Wildman–Crippen MR) is 116 cm³/mol. The molecule has 0 bridgehead atoms. The van der Waals surface area contributed by atoms with Crippen LogP contribution in [0, 0.1) is 11.8 Å². The second kappa shape index (κ2) is 8.71. The van der Waals surface area contributed by atoms with Gasteiger partial charge in [-0.15, -0.1) is 11.8 Å². The first kappa shape index (κ1) is 23.8. The van der Waals surface area contributed by atoms with Crippen molar-refractivity contribution in [2.75, 3.05) is 13.2 Å². The second-order valence-corrected chi connectivity index (χ2v) is 15.4. The van der Waals surface area contributed by atoms with Gasteiger partial charge in [0.1, 0.15) is 11.1 Å². The van der Waals surface area contributed by atoms with Gasteiger partial charge in [-0.05, 0) is 36.5 Å². The van der Waals surface area contributed by atoms with Gasteiger partial charge in [0.25, 0.3) is 0 Å². The fraction of sp³-hybridized carbons (Fsp3) is 0.789. The van der Waals surface area contributed by atoms with E-state index in [2.05, 4.69) is 43.9 Å². The molecular formula is C19H32N4O4SSi. The Morgan fingerprint density at radius 3 is 2.48 bits per heavy atom. The fourth-order valence-electron chi connectivity index (χ4n) is 3.06. The van der Waals surface area contributed by atoms with Gasteiger partial charge < -0.3 is 9.16 Å². The van der Waals surface area contributed by atoms with Gasteiger partial charge in [-0.3, -0.25) is 9.69 Å². The number of hydrogen-bond acceptors (Lipinski definition) is 6. The SMILES string of the molecule is CC(C)COC(=O)C1=C(CN=[N+]=[N-])S[C@@H]2[C@@H](C(C)O[Si](C)(C)C(C)(C)C)C(=O)N12. The van der Waals surface area contributed by atoms with E-state index >= 15 is 0 Å². The normalized spacial score (nSPS) is 22.9. The quantitative estimate of drug-likeness (QED) is 0.136. The fourth-order valence-corrected chi connectivity index (χ4v) is 6.01. The average molecular weight is 441 g/mol. The first-order valence-corrected chi connectivity index (χ1v) is 13.7. The predicted octanol–water partition coefficient (Wildman–Crippen LogP) is 4.65. The first-order chi connectivity index (χ1) is 13.3. The molecule has 1 unspecified atom stereocenters. The maximum atomic E-state index is 13.0. The molecule has 1 amide bonds. The lowest BCUT2D eigenvalue weighted by molar-refractivity contribution is -0.158. The highest BCUT2D eigenvalue weighted by atomic mass is 32.2. The largest absolute Gasteiger partial charge is 0.461 e. The van der Waals surface area contributed by atoms with Crippen molar-refractivity contribution in [2.45, 2.75) is 71.2 Å². The van der Waals surface area contributed by atoms with Crippen molar-refractivity contribution < 1.29 is 18.8 Å². The highest BCUT2D eigenvalue weighted by Crippen LogP contribution is 2.52. The summed E-state index contributed by atoms with van der Waals surface area (Å²) in [6.07, 6.45) is -0.260. The molecule has 0 N–H and O–H groups in total. The number of β-lactam (4-membered cyclic amide) rings is 1. The Labute approximate surface area is 178 Å². The summed E-state index contributed by atoms with van der Waals surface area (Å²) in [7, 11) is -2.04. The van der Waals surface area contributed by atoms with Crippen molar-refractivity contribution in [3.8, 4) is 0 Å². The molecule has 10 heteroatoms. The minimum absolute atomic E-state index is 0.0255. The third-order valence-electron chi connectivity index (χ3n) is 5.66. The molecule has 0 radical (unpaired) electrons. The number of rotatable bonds is 8. The maximum absolute atomic E-state index is 13.0. The Kier molecular flexibility index (Phi) is 7.15. The van der Waals surface area contributed by atoms with E-state index in [1.165, 1.54) is 16.7 Å². The molecule has 0 aliphatic carbocycles. The van der Waals surface area contributed by atoms with Crippen LogP contribution >= 0.6 is 11.8 Å². The second-order valence-electron chi connectivity index (χ2n) is 9.48. The minimum atomic E-state index is -2.04.